The molecule has 1 aliphatic rings. The van der Waals surface area contributed by atoms with Crippen molar-refractivity contribution in [2.75, 3.05) is 38.7 Å². The third-order valence-corrected chi connectivity index (χ3v) is 4.99. The summed E-state index contributed by atoms with van der Waals surface area (Å²) in [7, 11) is -0.868. The molecule has 0 spiro atoms. The fraction of sp³-hybridized carbons (Fsp3) is 1.00. The molecule has 4 nitrogen and oxygen atoms in total. The van der Waals surface area contributed by atoms with Gasteiger partial charge in [0, 0.05) is 19.3 Å². The number of nitrogens with two attached hydrogens (primary N) is 1. The van der Waals surface area contributed by atoms with Gasteiger partial charge in [-0.1, -0.05) is 19.8 Å². The van der Waals surface area contributed by atoms with E-state index in [1.807, 2.05) is 7.05 Å². The molecular formula is C13H28N2O2S. The molecule has 0 aromatic carbocycles. The van der Waals surface area contributed by atoms with Gasteiger partial charge in [0.05, 0.1) is 5.75 Å². The van der Waals surface area contributed by atoms with E-state index in [0.717, 1.165) is 12.5 Å². The van der Waals surface area contributed by atoms with Crippen LogP contribution in [-0.4, -0.2) is 52.0 Å². The smallest absolute Gasteiger partial charge is 0.148 e. The molecule has 1 saturated carbocycles. The van der Waals surface area contributed by atoms with Crippen LogP contribution in [0.2, 0.25) is 0 Å². The molecule has 18 heavy (non-hydrogen) atoms. The lowest BCUT2D eigenvalue weighted by Crippen LogP contribution is -2.45. The van der Waals surface area contributed by atoms with Crippen molar-refractivity contribution in [1.29, 1.82) is 0 Å². The van der Waals surface area contributed by atoms with Crippen LogP contribution in [0.3, 0.4) is 0 Å². The zero-order valence-corrected chi connectivity index (χ0v) is 12.8. The predicted molar refractivity (Wildman–Crippen MR) is 76.3 cm³/mol. The molecule has 0 bridgehead atoms. The van der Waals surface area contributed by atoms with Crippen molar-refractivity contribution in [3.63, 3.8) is 0 Å². The van der Waals surface area contributed by atoms with E-state index >= 15 is 0 Å². The van der Waals surface area contributed by atoms with Crippen LogP contribution in [-0.2, 0) is 9.84 Å². The van der Waals surface area contributed by atoms with E-state index in [1.165, 1.54) is 31.9 Å². The van der Waals surface area contributed by atoms with E-state index in [-0.39, 0.29) is 11.2 Å². The Bertz CT molecular complexity index is 356. The van der Waals surface area contributed by atoms with Crippen molar-refractivity contribution < 1.29 is 8.42 Å². The molecule has 0 radical (unpaired) electrons. The first-order chi connectivity index (χ1) is 8.26. The van der Waals surface area contributed by atoms with Gasteiger partial charge in [0.2, 0.25) is 0 Å². The molecule has 0 aromatic heterocycles. The highest BCUT2D eigenvalue weighted by atomic mass is 32.2. The Labute approximate surface area is 112 Å². The van der Waals surface area contributed by atoms with Crippen LogP contribution in [0.1, 0.15) is 32.6 Å². The molecule has 0 aliphatic heterocycles. The number of hydrogen-bond acceptors (Lipinski definition) is 4. The average Bonchev–Trinajstić information content (AvgIpc) is 2.25. The molecule has 108 valence electrons. The first-order valence-corrected chi connectivity index (χ1v) is 8.89. The lowest BCUT2D eigenvalue weighted by Gasteiger charge is -2.41. The topological polar surface area (TPSA) is 63.4 Å². The Hall–Kier alpha value is -0.130. The maximum atomic E-state index is 11.2. The Morgan fingerprint density at radius 2 is 2.11 bits per heavy atom. The van der Waals surface area contributed by atoms with Gasteiger partial charge in [-0.3, -0.25) is 0 Å². The summed E-state index contributed by atoms with van der Waals surface area (Å²) < 4.78 is 22.4. The van der Waals surface area contributed by atoms with E-state index in [0.29, 0.717) is 13.1 Å². The third-order valence-electron chi connectivity index (χ3n) is 4.07. The van der Waals surface area contributed by atoms with Crippen LogP contribution >= 0.6 is 0 Å². The summed E-state index contributed by atoms with van der Waals surface area (Å²) >= 11 is 0. The summed E-state index contributed by atoms with van der Waals surface area (Å²) in [6.07, 6.45) is 6.19. The fourth-order valence-electron chi connectivity index (χ4n) is 3.14. The van der Waals surface area contributed by atoms with Crippen LogP contribution in [0.5, 0.6) is 0 Å². The zero-order valence-electron chi connectivity index (χ0n) is 12.0. The minimum absolute atomic E-state index is 0.198. The van der Waals surface area contributed by atoms with Gasteiger partial charge < -0.3 is 10.6 Å². The van der Waals surface area contributed by atoms with E-state index in [9.17, 15) is 8.42 Å². The molecule has 2 N–H and O–H groups in total. The van der Waals surface area contributed by atoms with Crippen LogP contribution in [0.15, 0.2) is 0 Å². The lowest BCUT2D eigenvalue weighted by molar-refractivity contribution is 0.104. The van der Waals surface area contributed by atoms with Gasteiger partial charge in [-0.25, -0.2) is 8.42 Å². The second-order valence-electron chi connectivity index (χ2n) is 6.27. The molecule has 5 heteroatoms. The van der Waals surface area contributed by atoms with Crippen molar-refractivity contribution in [3.8, 4) is 0 Å². The summed E-state index contributed by atoms with van der Waals surface area (Å²) in [5.74, 6) is 0.977. The summed E-state index contributed by atoms with van der Waals surface area (Å²) in [6.45, 7) is 4.53. The Morgan fingerprint density at radius 1 is 1.44 bits per heavy atom. The van der Waals surface area contributed by atoms with Gasteiger partial charge in [0.25, 0.3) is 0 Å². The van der Waals surface area contributed by atoms with E-state index in [2.05, 4.69) is 11.8 Å². The quantitative estimate of drug-likeness (QED) is 0.789. The highest BCUT2D eigenvalue weighted by molar-refractivity contribution is 7.90. The van der Waals surface area contributed by atoms with Crippen molar-refractivity contribution in [1.82, 2.24) is 4.90 Å². The largest absolute Gasteiger partial charge is 0.330 e. The second-order valence-corrected chi connectivity index (χ2v) is 8.53. The Morgan fingerprint density at radius 3 is 2.61 bits per heavy atom. The maximum absolute atomic E-state index is 11.2. The normalized spacial score (nSPS) is 29.7. The molecule has 1 fully saturated rings. The summed E-state index contributed by atoms with van der Waals surface area (Å²) in [6, 6.07) is 0. The lowest BCUT2D eigenvalue weighted by atomic mass is 9.70. The zero-order chi connectivity index (χ0) is 13.8. The average molecular weight is 276 g/mol. The molecule has 0 aromatic rings. The highest BCUT2D eigenvalue weighted by Crippen LogP contribution is 2.38. The van der Waals surface area contributed by atoms with Crippen molar-refractivity contribution >= 4 is 9.84 Å². The minimum atomic E-state index is -2.87. The van der Waals surface area contributed by atoms with Gasteiger partial charge in [-0.05, 0) is 37.8 Å². The van der Waals surface area contributed by atoms with Gasteiger partial charge in [-0.2, -0.15) is 0 Å². The van der Waals surface area contributed by atoms with Gasteiger partial charge >= 0.3 is 0 Å². The van der Waals surface area contributed by atoms with Gasteiger partial charge in [-0.15, -0.1) is 0 Å². The van der Waals surface area contributed by atoms with Crippen LogP contribution in [0, 0.1) is 11.3 Å². The monoisotopic (exact) mass is 276 g/mol. The number of nitrogens with zero attached hydrogens (tertiary/aromatic N) is 1. The van der Waals surface area contributed by atoms with Gasteiger partial charge in [0.15, 0.2) is 0 Å². The van der Waals surface area contributed by atoms with Crippen LogP contribution < -0.4 is 5.73 Å². The SMILES string of the molecule is CC1CCCC(CN)(CN(C)CCS(C)(=O)=O)C1. The number of sulfone groups is 1. The predicted octanol–water partition coefficient (Wildman–Crippen LogP) is 1.12. The van der Waals surface area contributed by atoms with Crippen molar-refractivity contribution in [2.45, 2.75) is 32.6 Å². The molecule has 1 aliphatic carbocycles. The number of rotatable bonds is 6. The van der Waals surface area contributed by atoms with E-state index < -0.39 is 9.84 Å². The number of hydrogen-bond donors (Lipinski definition) is 1. The second kappa shape index (κ2) is 6.35. The molecule has 1 rings (SSSR count). The summed E-state index contributed by atoms with van der Waals surface area (Å²) in [4.78, 5) is 2.13. The van der Waals surface area contributed by atoms with E-state index in [4.69, 9.17) is 5.73 Å². The van der Waals surface area contributed by atoms with Crippen molar-refractivity contribution in [2.24, 2.45) is 17.1 Å². The van der Waals surface area contributed by atoms with Crippen LogP contribution in [0.4, 0.5) is 0 Å². The maximum Gasteiger partial charge on any atom is 0.148 e. The molecule has 2 unspecified atom stereocenters. The third kappa shape index (κ3) is 5.24. The fourth-order valence-corrected chi connectivity index (χ4v) is 3.78. The Balaban J connectivity index is 2.51. The van der Waals surface area contributed by atoms with Crippen LogP contribution in [0.25, 0.3) is 0 Å². The first-order valence-electron chi connectivity index (χ1n) is 6.83. The molecule has 0 amide bonds. The minimum Gasteiger partial charge on any atom is -0.330 e. The highest BCUT2D eigenvalue weighted by Gasteiger charge is 2.34. The Kier molecular flexibility index (Phi) is 5.62. The molecule has 0 saturated heterocycles. The summed E-state index contributed by atoms with van der Waals surface area (Å²) in [5.41, 5.74) is 6.18. The van der Waals surface area contributed by atoms with Crippen molar-refractivity contribution in [3.05, 3.63) is 0 Å². The summed E-state index contributed by atoms with van der Waals surface area (Å²) in [5, 5.41) is 0. The standard InChI is InChI=1S/C13H28N2O2S/c1-12-5-4-6-13(9-12,10-14)11-15(2)7-8-18(3,16)17/h12H,4-11,14H2,1-3H3. The molecular weight excluding hydrogens is 248 g/mol. The molecule has 0 heterocycles. The van der Waals surface area contributed by atoms with E-state index in [1.54, 1.807) is 0 Å². The van der Waals surface area contributed by atoms with Gasteiger partial charge in [0.1, 0.15) is 9.84 Å². The first kappa shape index (κ1) is 15.9. The molecule has 2 atom stereocenters.